The second-order valence-corrected chi connectivity index (χ2v) is 8.72. The number of likely N-dealkylation sites (N-methyl/N-ethyl adjacent to an activating group) is 1. The normalized spacial score (nSPS) is 10.9. The van der Waals surface area contributed by atoms with Gasteiger partial charge in [-0.05, 0) is 36.8 Å². The van der Waals surface area contributed by atoms with Crippen LogP contribution in [0.2, 0.25) is 0 Å². The quantitative estimate of drug-likeness (QED) is 0.397. The van der Waals surface area contributed by atoms with Crippen LogP contribution in [0.15, 0.2) is 72.4 Å². The number of benzene rings is 2. The fourth-order valence-corrected chi connectivity index (χ4v) is 4.28. The van der Waals surface area contributed by atoms with Crippen LogP contribution in [0.25, 0.3) is 16.9 Å². The van der Waals surface area contributed by atoms with Crippen LogP contribution in [0.4, 0.5) is 0 Å². The fourth-order valence-electron chi connectivity index (χ4n) is 3.21. The average molecular weight is 435 g/mol. The Hall–Kier alpha value is -3.03. The third-order valence-corrected chi connectivity index (χ3v) is 6.20. The second-order valence-electron chi connectivity index (χ2n) is 7.22. The van der Waals surface area contributed by atoms with Crippen molar-refractivity contribution in [3.8, 4) is 16.9 Å². The highest BCUT2D eigenvalue weighted by Gasteiger charge is 2.15. The summed E-state index contributed by atoms with van der Waals surface area (Å²) in [5, 5.41) is 6.43. The molecular formula is C23H22N4OS2. The first-order chi connectivity index (χ1) is 14.5. The minimum Gasteiger partial charge on any atom is -0.340 e. The fraction of sp³-hybridized carbons (Fsp3) is 0.174. The Morgan fingerprint density at radius 3 is 2.60 bits per heavy atom. The summed E-state index contributed by atoms with van der Waals surface area (Å²) >= 11 is 6.97. The molecule has 152 valence electrons. The van der Waals surface area contributed by atoms with E-state index in [4.69, 9.17) is 12.2 Å². The lowest BCUT2D eigenvalue weighted by atomic mass is 10.1. The molecule has 0 spiro atoms. The summed E-state index contributed by atoms with van der Waals surface area (Å²) in [5.74, 6) is 0.00493. The number of carbonyl (C=O) groups excluding carboxylic acids is 1. The molecule has 30 heavy (non-hydrogen) atoms. The Bertz CT molecular complexity index is 1210. The number of para-hydroxylation sites is 1. The lowest BCUT2D eigenvalue weighted by Crippen LogP contribution is -2.29. The maximum absolute atomic E-state index is 12.9. The van der Waals surface area contributed by atoms with E-state index in [-0.39, 0.29) is 12.5 Å². The lowest BCUT2D eigenvalue weighted by molar-refractivity contribution is -0.131. The molecule has 2 aromatic heterocycles. The van der Waals surface area contributed by atoms with Gasteiger partial charge in [0.1, 0.15) is 6.54 Å². The third kappa shape index (κ3) is 4.42. The number of nitrogens with zero attached hydrogens (tertiary/aromatic N) is 4. The molecule has 1 amide bonds. The molecule has 0 unspecified atom stereocenters. The van der Waals surface area contributed by atoms with Gasteiger partial charge in [-0.2, -0.15) is 5.10 Å². The zero-order valence-electron chi connectivity index (χ0n) is 16.9. The first-order valence-corrected chi connectivity index (χ1v) is 10.9. The van der Waals surface area contributed by atoms with Crippen LogP contribution < -0.4 is 0 Å². The van der Waals surface area contributed by atoms with Gasteiger partial charge in [0.2, 0.25) is 5.91 Å². The predicted octanol–water partition coefficient (Wildman–Crippen LogP) is 5.10. The van der Waals surface area contributed by atoms with Crippen molar-refractivity contribution in [3.63, 3.8) is 0 Å². The van der Waals surface area contributed by atoms with Crippen LogP contribution >= 0.6 is 23.6 Å². The van der Waals surface area contributed by atoms with Gasteiger partial charge in [-0.25, -0.2) is 4.68 Å². The number of rotatable bonds is 6. The number of carbonyl (C=O) groups is 1. The molecule has 5 nitrogen and oxygen atoms in total. The second kappa shape index (κ2) is 8.77. The molecule has 0 fully saturated rings. The van der Waals surface area contributed by atoms with E-state index in [0.717, 1.165) is 22.5 Å². The van der Waals surface area contributed by atoms with E-state index in [1.165, 1.54) is 16.9 Å². The topological polar surface area (TPSA) is 43.1 Å². The number of hydrogen-bond acceptors (Lipinski definition) is 4. The van der Waals surface area contributed by atoms with Gasteiger partial charge in [-0.1, -0.05) is 48.0 Å². The predicted molar refractivity (Wildman–Crippen MR) is 123 cm³/mol. The molecule has 7 heteroatoms. The van der Waals surface area contributed by atoms with Crippen molar-refractivity contribution in [2.24, 2.45) is 0 Å². The van der Waals surface area contributed by atoms with E-state index >= 15 is 0 Å². The van der Waals surface area contributed by atoms with Crippen molar-refractivity contribution in [1.29, 1.82) is 0 Å². The van der Waals surface area contributed by atoms with Gasteiger partial charge in [0.25, 0.3) is 0 Å². The zero-order valence-corrected chi connectivity index (χ0v) is 18.5. The first kappa shape index (κ1) is 20.3. The summed E-state index contributed by atoms with van der Waals surface area (Å²) in [7, 11) is 1.81. The number of hydrogen-bond donors (Lipinski definition) is 0. The van der Waals surface area contributed by atoms with E-state index in [1.54, 1.807) is 11.1 Å². The molecule has 4 aromatic rings. The SMILES string of the molecule is Cc1ccc(-c2csc(=S)n2CC(=O)N(C)Cc2cnn(-c3ccccc3)c2)cc1. The van der Waals surface area contributed by atoms with Crippen molar-refractivity contribution in [1.82, 2.24) is 19.2 Å². The molecule has 0 saturated heterocycles. The molecule has 0 radical (unpaired) electrons. The zero-order chi connectivity index (χ0) is 21.1. The van der Waals surface area contributed by atoms with Gasteiger partial charge in [-0.15, -0.1) is 11.3 Å². The average Bonchev–Trinajstić information content (AvgIpc) is 3.36. The molecular weight excluding hydrogens is 412 g/mol. The monoisotopic (exact) mass is 434 g/mol. The highest BCUT2D eigenvalue weighted by atomic mass is 32.1. The van der Waals surface area contributed by atoms with Crippen LogP contribution in [-0.2, 0) is 17.9 Å². The van der Waals surface area contributed by atoms with E-state index in [0.29, 0.717) is 10.5 Å². The third-order valence-electron chi connectivity index (χ3n) is 4.93. The van der Waals surface area contributed by atoms with Gasteiger partial charge in [0.15, 0.2) is 3.95 Å². The molecule has 0 N–H and O–H groups in total. The molecule has 0 aliphatic carbocycles. The Labute approximate surface area is 184 Å². The van der Waals surface area contributed by atoms with Crippen LogP contribution in [0.3, 0.4) is 0 Å². The van der Waals surface area contributed by atoms with Gasteiger partial charge in [0, 0.05) is 30.7 Å². The van der Waals surface area contributed by atoms with Crippen molar-refractivity contribution in [2.75, 3.05) is 7.05 Å². The lowest BCUT2D eigenvalue weighted by Gasteiger charge is -2.18. The molecule has 2 aromatic carbocycles. The van der Waals surface area contributed by atoms with Gasteiger partial charge in [0.05, 0.1) is 17.6 Å². The summed E-state index contributed by atoms with van der Waals surface area (Å²) in [5.41, 5.74) is 5.20. The molecule has 0 atom stereocenters. The molecule has 2 heterocycles. The maximum Gasteiger partial charge on any atom is 0.242 e. The van der Waals surface area contributed by atoms with E-state index in [2.05, 4.69) is 36.3 Å². The van der Waals surface area contributed by atoms with Crippen molar-refractivity contribution < 1.29 is 4.79 Å². The number of aryl methyl sites for hydroxylation is 1. The highest BCUT2D eigenvalue weighted by molar-refractivity contribution is 7.73. The largest absolute Gasteiger partial charge is 0.340 e. The van der Waals surface area contributed by atoms with Gasteiger partial charge in [-0.3, -0.25) is 4.79 Å². The Morgan fingerprint density at radius 2 is 1.87 bits per heavy atom. The Balaban J connectivity index is 1.47. The van der Waals surface area contributed by atoms with E-state index in [9.17, 15) is 4.79 Å². The van der Waals surface area contributed by atoms with Crippen molar-refractivity contribution in [2.45, 2.75) is 20.0 Å². The highest BCUT2D eigenvalue weighted by Crippen LogP contribution is 2.24. The van der Waals surface area contributed by atoms with E-state index in [1.807, 2.05) is 58.2 Å². The van der Waals surface area contributed by atoms with Crippen molar-refractivity contribution >= 4 is 29.5 Å². The smallest absolute Gasteiger partial charge is 0.242 e. The van der Waals surface area contributed by atoms with Crippen LogP contribution in [0.5, 0.6) is 0 Å². The molecule has 0 bridgehead atoms. The summed E-state index contributed by atoms with van der Waals surface area (Å²) in [6, 6.07) is 18.2. The summed E-state index contributed by atoms with van der Waals surface area (Å²) < 4.78 is 4.43. The molecule has 0 aliphatic heterocycles. The Kier molecular flexibility index (Phi) is 5.92. The maximum atomic E-state index is 12.9. The summed E-state index contributed by atoms with van der Waals surface area (Å²) in [4.78, 5) is 14.6. The molecule has 4 rings (SSSR count). The van der Waals surface area contributed by atoms with Crippen LogP contribution in [0, 0.1) is 10.9 Å². The minimum atomic E-state index is 0.00493. The van der Waals surface area contributed by atoms with E-state index < -0.39 is 0 Å². The standard InChI is InChI=1S/C23H22N4OS2/c1-17-8-10-19(11-9-17)21-16-30-23(29)26(21)15-22(28)25(2)13-18-12-24-27(14-18)20-6-4-3-5-7-20/h3-12,14,16H,13,15H2,1-2H3. The first-order valence-electron chi connectivity index (χ1n) is 9.59. The van der Waals surface area contributed by atoms with Crippen LogP contribution in [-0.4, -0.2) is 32.2 Å². The minimum absolute atomic E-state index is 0.00493. The number of aromatic nitrogens is 3. The molecule has 0 saturated carbocycles. The van der Waals surface area contributed by atoms with Crippen molar-refractivity contribution in [3.05, 3.63) is 87.5 Å². The van der Waals surface area contributed by atoms with Crippen LogP contribution in [0.1, 0.15) is 11.1 Å². The molecule has 0 aliphatic rings. The number of thiazole rings is 1. The Morgan fingerprint density at radius 1 is 1.13 bits per heavy atom. The van der Waals surface area contributed by atoms with Gasteiger partial charge >= 0.3 is 0 Å². The number of amides is 1. The summed E-state index contributed by atoms with van der Waals surface area (Å²) in [6.45, 7) is 2.76. The van der Waals surface area contributed by atoms with Gasteiger partial charge < -0.3 is 9.47 Å². The summed E-state index contributed by atoms with van der Waals surface area (Å²) in [6.07, 6.45) is 3.75.